The van der Waals surface area contributed by atoms with Crippen molar-refractivity contribution in [1.29, 1.82) is 0 Å². The number of hydrogen-bond acceptors (Lipinski definition) is 7. The normalized spacial score (nSPS) is 16.7. The number of unbranched alkanes of at least 4 members (excludes halogenated alkanes) is 6. The molecule has 0 amide bonds. The third kappa shape index (κ3) is 11.9. The second-order valence-electron chi connectivity index (χ2n) is 13.2. The molecule has 4 atom stereocenters. The molecule has 0 fully saturated rings. The Morgan fingerprint density at radius 2 is 1.33 bits per heavy atom. The van der Waals surface area contributed by atoms with Gasteiger partial charge in [-0.3, -0.25) is 4.79 Å². The summed E-state index contributed by atoms with van der Waals surface area (Å²) in [6.07, 6.45) is 0.404. The van der Waals surface area contributed by atoms with Crippen LogP contribution in [0.2, 0.25) is 0 Å². The molecule has 51 heavy (non-hydrogen) atoms. The molecule has 3 aromatic carbocycles. The van der Waals surface area contributed by atoms with E-state index in [1.54, 1.807) is 36.4 Å². The van der Waals surface area contributed by atoms with Gasteiger partial charge < -0.3 is 18.9 Å². The molecular formula is C41H49F3O7. The van der Waals surface area contributed by atoms with Crippen LogP contribution in [0.15, 0.2) is 72.8 Å². The average Bonchev–Trinajstić information content (AvgIpc) is 3.11. The largest absolute Gasteiger partial charge is 0.491 e. The lowest BCUT2D eigenvalue weighted by Gasteiger charge is -2.33. The first-order valence-corrected chi connectivity index (χ1v) is 18.1. The Morgan fingerprint density at radius 1 is 0.745 bits per heavy atom. The fraction of sp³-hybridized carbons (Fsp3) is 0.488. The maximum absolute atomic E-state index is 13.8. The molecule has 0 heterocycles. The Labute approximate surface area is 298 Å². The van der Waals surface area contributed by atoms with Crippen molar-refractivity contribution in [3.63, 3.8) is 0 Å². The van der Waals surface area contributed by atoms with Crippen molar-refractivity contribution >= 4 is 17.9 Å². The van der Waals surface area contributed by atoms with E-state index in [0.717, 1.165) is 31.2 Å². The lowest BCUT2D eigenvalue weighted by atomic mass is 9.81. The van der Waals surface area contributed by atoms with Gasteiger partial charge in [0.25, 0.3) is 0 Å². The van der Waals surface area contributed by atoms with E-state index in [2.05, 4.69) is 6.92 Å². The van der Waals surface area contributed by atoms with Gasteiger partial charge in [0.05, 0.1) is 23.1 Å². The second-order valence-corrected chi connectivity index (χ2v) is 13.2. The molecule has 0 radical (unpaired) electrons. The molecule has 0 aliphatic heterocycles. The summed E-state index contributed by atoms with van der Waals surface area (Å²) in [5.41, 5.74) is 1.82. The molecule has 0 bridgehead atoms. The first-order valence-electron chi connectivity index (χ1n) is 18.1. The minimum atomic E-state index is -4.71. The summed E-state index contributed by atoms with van der Waals surface area (Å²) in [5, 5.41) is 0. The number of benzene rings is 3. The molecule has 0 spiro atoms. The fourth-order valence-corrected chi connectivity index (χ4v) is 6.21. The van der Waals surface area contributed by atoms with Crippen molar-refractivity contribution in [1.82, 2.24) is 0 Å². The van der Waals surface area contributed by atoms with Crippen molar-refractivity contribution < 1.29 is 46.5 Å². The lowest BCUT2D eigenvalue weighted by molar-refractivity contribution is -0.227. The Morgan fingerprint density at radius 3 is 1.96 bits per heavy atom. The van der Waals surface area contributed by atoms with Crippen LogP contribution in [-0.4, -0.2) is 36.3 Å². The van der Waals surface area contributed by atoms with E-state index in [0.29, 0.717) is 29.7 Å². The van der Waals surface area contributed by atoms with Crippen molar-refractivity contribution in [2.75, 3.05) is 0 Å². The summed E-state index contributed by atoms with van der Waals surface area (Å²) in [6.45, 7) is 6.16. The van der Waals surface area contributed by atoms with Gasteiger partial charge >= 0.3 is 24.1 Å². The summed E-state index contributed by atoms with van der Waals surface area (Å²) in [7, 11) is 0. The highest BCUT2D eigenvalue weighted by molar-refractivity contribution is 5.92. The summed E-state index contributed by atoms with van der Waals surface area (Å²) in [6, 6.07) is 19.5. The molecule has 7 nitrogen and oxygen atoms in total. The first kappa shape index (κ1) is 39.4. The van der Waals surface area contributed by atoms with Gasteiger partial charge in [0, 0.05) is 0 Å². The molecule has 0 saturated heterocycles. The van der Waals surface area contributed by atoms with Gasteiger partial charge in [0.2, 0.25) is 0 Å². The summed E-state index contributed by atoms with van der Waals surface area (Å²) >= 11 is 0. The summed E-state index contributed by atoms with van der Waals surface area (Å²) < 4.78 is 63.9. The zero-order chi connectivity index (χ0) is 36.8. The SMILES string of the molecule is CCCCCC[C@@H](C)Oc1ccc(C(=O)Oc2ccc(C(=O)OC3c4ccccc4CCC3C(=O)O[C@H](CCCCCC)C(F)(F)F)cc2)cc1. The van der Waals surface area contributed by atoms with E-state index in [4.69, 9.17) is 18.9 Å². The van der Waals surface area contributed by atoms with Crippen LogP contribution in [0.25, 0.3) is 0 Å². The number of hydrogen-bond donors (Lipinski definition) is 0. The maximum Gasteiger partial charge on any atom is 0.425 e. The van der Waals surface area contributed by atoms with Crippen LogP contribution in [-0.2, 0) is 20.7 Å². The Hall–Kier alpha value is -4.34. The van der Waals surface area contributed by atoms with Gasteiger partial charge in [-0.1, -0.05) is 76.6 Å². The molecular weight excluding hydrogens is 661 g/mol. The van der Waals surface area contributed by atoms with Crippen molar-refractivity contribution in [2.45, 2.75) is 122 Å². The molecule has 3 aromatic rings. The topological polar surface area (TPSA) is 88.1 Å². The van der Waals surface area contributed by atoms with Gasteiger partial charge in [0.1, 0.15) is 17.6 Å². The van der Waals surface area contributed by atoms with Crippen LogP contribution in [0.5, 0.6) is 11.5 Å². The number of alkyl halides is 3. The number of ether oxygens (including phenoxy) is 4. The molecule has 0 N–H and O–H groups in total. The van der Waals surface area contributed by atoms with Gasteiger partial charge in [-0.05, 0) is 105 Å². The number of carbonyl (C=O) groups is 3. The number of carbonyl (C=O) groups excluding carboxylic acids is 3. The molecule has 4 rings (SSSR count). The number of rotatable bonds is 18. The predicted molar refractivity (Wildman–Crippen MR) is 188 cm³/mol. The van der Waals surface area contributed by atoms with E-state index in [9.17, 15) is 27.6 Å². The zero-order valence-electron chi connectivity index (χ0n) is 29.7. The molecule has 1 aliphatic rings. The van der Waals surface area contributed by atoms with Crippen molar-refractivity contribution in [3.8, 4) is 11.5 Å². The lowest BCUT2D eigenvalue weighted by Crippen LogP contribution is -2.39. The maximum atomic E-state index is 13.8. The van der Waals surface area contributed by atoms with Gasteiger partial charge in [0.15, 0.2) is 6.10 Å². The van der Waals surface area contributed by atoms with E-state index in [1.165, 1.54) is 43.5 Å². The Kier molecular flexibility index (Phi) is 14.9. The second kappa shape index (κ2) is 19.3. The number of halogens is 3. The standard InChI is InChI=1S/C41H49F3O7/c1-4-6-8-10-14-28(3)48-32-23-18-30(19-24-32)38(45)49-33-25-20-31(21-26-33)39(46)51-37-34-16-13-12-15-29(34)22-27-35(37)40(47)50-36(41(42,43)44)17-11-9-7-5-2/h12-13,15-16,18-21,23-26,28,35-37H,4-11,14,17,22,27H2,1-3H3/t28-,35?,36-,37?/m1/s1. The summed E-state index contributed by atoms with van der Waals surface area (Å²) in [5.74, 6) is -2.67. The third-order valence-corrected chi connectivity index (χ3v) is 9.12. The van der Waals surface area contributed by atoms with E-state index in [1.807, 2.05) is 26.0 Å². The van der Waals surface area contributed by atoms with Crippen LogP contribution in [0.1, 0.15) is 129 Å². The van der Waals surface area contributed by atoms with Gasteiger partial charge in [-0.15, -0.1) is 0 Å². The predicted octanol–water partition coefficient (Wildman–Crippen LogP) is 10.5. The monoisotopic (exact) mass is 710 g/mol. The molecule has 1 aliphatic carbocycles. The third-order valence-electron chi connectivity index (χ3n) is 9.12. The van der Waals surface area contributed by atoms with Gasteiger partial charge in [-0.25, -0.2) is 9.59 Å². The first-order chi connectivity index (χ1) is 24.5. The highest BCUT2D eigenvalue weighted by Gasteiger charge is 2.45. The number of esters is 3. The van der Waals surface area contributed by atoms with Crippen LogP contribution >= 0.6 is 0 Å². The minimum Gasteiger partial charge on any atom is -0.491 e. The fourth-order valence-electron chi connectivity index (χ4n) is 6.21. The molecule has 0 aromatic heterocycles. The van der Waals surface area contributed by atoms with E-state index < -0.39 is 42.2 Å². The average molecular weight is 711 g/mol. The highest BCUT2D eigenvalue weighted by Crippen LogP contribution is 2.40. The minimum absolute atomic E-state index is 0.0595. The van der Waals surface area contributed by atoms with Crippen LogP contribution in [0.3, 0.4) is 0 Å². The van der Waals surface area contributed by atoms with Crippen molar-refractivity contribution in [2.24, 2.45) is 5.92 Å². The molecule has 10 heteroatoms. The molecule has 2 unspecified atom stereocenters. The Balaban J connectivity index is 1.38. The van der Waals surface area contributed by atoms with Crippen LogP contribution in [0.4, 0.5) is 13.2 Å². The Bertz CT molecular complexity index is 1550. The highest BCUT2D eigenvalue weighted by atomic mass is 19.4. The molecule has 0 saturated carbocycles. The quantitative estimate of drug-likeness (QED) is 0.0737. The smallest absolute Gasteiger partial charge is 0.425 e. The summed E-state index contributed by atoms with van der Waals surface area (Å²) in [4.78, 5) is 39.5. The number of aryl methyl sites for hydroxylation is 1. The van der Waals surface area contributed by atoms with Crippen molar-refractivity contribution in [3.05, 3.63) is 95.1 Å². The van der Waals surface area contributed by atoms with Gasteiger partial charge in [-0.2, -0.15) is 13.2 Å². The number of fused-ring (bicyclic) bond motifs is 1. The van der Waals surface area contributed by atoms with Crippen LogP contribution < -0.4 is 9.47 Å². The zero-order valence-corrected chi connectivity index (χ0v) is 29.7. The van der Waals surface area contributed by atoms with E-state index in [-0.39, 0.29) is 36.7 Å². The molecule has 276 valence electrons. The van der Waals surface area contributed by atoms with Crippen LogP contribution in [0, 0.1) is 5.92 Å². The van der Waals surface area contributed by atoms with E-state index >= 15 is 0 Å².